The number of hydrogen-bond donors (Lipinski definition) is 2. The monoisotopic (exact) mass is 600 g/mol. The molecule has 0 aromatic heterocycles. The minimum atomic E-state index is -0.294. The maximum atomic E-state index is 10.3. The molecule has 0 spiro atoms. The topological polar surface area (TPSA) is 65.5 Å². The number of epoxide rings is 2. The molecule has 4 aliphatic rings. The third-order valence-electron chi connectivity index (χ3n) is 10.4. The van der Waals surface area contributed by atoms with Crippen molar-refractivity contribution >= 4 is 0 Å². The molecule has 6 atom stereocenters. The summed E-state index contributed by atoms with van der Waals surface area (Å²) < 4.78 is 12.5. The molecular weight excluding hydrogens is 544 g/mol. The second-order valence-corrected chi connectivity index (χ2v) is 15.4. The molecule has 4 fully saturated rings. The Morgan fingerprint density at radius 1 is 0.500 bits per heavy atom. The summed E-state index contributed by atoms with van der Waals surface area (Å²) in [6, 6.07) is 0. The molecule has 2 saturated heterocycles. The van der Waals surface area contributed by atoms with Gasteiger partial charge in [-0.15, -0.1) is 0 Å². The first kappa shape index (κ1) is 34.4. The highest BCUT2D eigenvalue weighted by Gasteiger charge is 2.75. The molecule has 44 heavy (non-hydrogen) atoms. The van der Waals surface area contributed by atoms with Crippen molar-refractivity contribution in [3.8, 4) is 0 Å². The molecule has 240 valence electrons. The zero-order chi connectivity index (χ0) is 32.6. The first-order valence-corrected chi connectivity index (χ1v) is 16.3. The molecule has 0 amide bonds. The molecule has 2 heterocycles. The van der Waals surface area contributed by atoms with Crippen LogP contribution in [0.15, 0.2) is 107 Å². The van der Waals surface area contributed by atoms with Gasteiger partial charge in [-0.25, -0.2) is 0 Å². The fourth-order valence-corrected chi connectivity index (χ4v) is 7.99. The smallest absolute Gasteiger partial charge is 0.121 e. The van der Waals surface area contributed by atoms with E-state index in [-0.39, 0.29) is 45.4 Å². The van der Waals surface area contributed by atoms with Crippen molar-refractivity contribution in [3.05, 3.63) is 107 Å². The normalized spacial score (nSPS) is 39.2. The molecule has 4 nitrogen and oxygen atoms in total. The Morgan fingerprint density at radius 3 is 1.16 bits per heavy atom. The van der Waals surface area contributed by atoms with Crippen LogP contribution >= 0.6 is 0 Å². The molecule has 2 saturated carbocycles. The Balaban J connectivity index is 1.25. The van der Waals surface area contributed by atoms with Crippen molar-refractivity contribution in [2.75, 3.05) is 0 Å². The van der Waals surface area contributed by atoms with Gasteiger partial charge in [0.25, 0.3) is 0 Å². The predicted molar refractivity (Wildman–Crippen MR) is 183 cm³/mol. The fourth-order valence-electron chi connectivity index (χ4n) is 7.99. The van der Waals surface area contributed by atoms with Gasteiger partial charge in [0.1, 0.15) is 22.4 Å². The molecule has 4 rings (SSSR count). The van der Waals surface area contributed by atoms with Crippen LogP contribution in [0.3, 0.4) is 0 Å². The van der Waals surface area contributed by atoms with Crippen LogP contribution in [0.1, 0.15) is 94.9 Å². The Kier molecular flexibility index (Phi) is 9.66. The van der Waals surface area contributed by atoms with Crippen molar-refractivity contribution in [1.82, 2.24) is 0 Å². The van der Waals surface area contributed by atoms with E-state index in [2.05, 4.69) is 154 Å². The quantitative estimate of drug-likeness (QED) is 0.194. The van der Waals surface area contributed by atoms with E-state index in [9.17, 15) is 10.2 Å². The van der Waals surface area contributed by atoms with Gasteiger partial charge in [0.2, 0.25) is 0 Å². The van der Waals surface area contributed by atoms with Crippen molar-refractivity contribution < 1.29 is 19.7 Å². The van der Waals surface area contributed by atoms with E-state index in [1.54, 1.807) is 0 Å². The van der Waals surface area contributed by atoms with E-state index in [0.29, 0.717) is 12.8 Å². The lowest BCUT2D eigenvalue weighted by Gasteiger charge is -2.39. The lowest BCUT2D eigenvalue weighted by molar-refractivity contribution is 0.0510. The van der Waals surface area contributed by atoms with Gasteiger partial charge in [-0.2, -0.15) is 0 Å². The molecule has 0 bridgehead atoms. The van der Waals surface area contributed by atoms with Crippen molar-refractivity contribution in [2.45, 2.75) is 130 Å². The Bertz CT molecular complexity index is 1270. The van der Waals surface area contributed by atoms with Gasteiger partial charge >= 0.3 is 0 Å². The van der Waals surface area contributed by atoms with Gasteiger partial charge in [-0.3, -0.25) is 0 Å². The van der Waals surface area contributed by atoms with E-state index < -0.39 is 0 Å². The number of allylic oxidation sites excluding steroid dienone is 16. The standard InChI is InChI=1S/C40H56O4/c1-29(17-13-19-31(3)21-23-39-35(5,6)25-33(41)27-37(39,9)43-39)15-11-12-16-30(2)18-14-20-32(4)22-24-40-36(7,8)26-34(42)28-38(40,10)44-40/h11-24,33-34,41-42H,25-28H2,1-10H3/b12-11+,17-13+,18-14+,23-21+,24-22+,29-15+,30-16+,31-19+,32-20+/t33-,34-,37-,38+,39+,40-/m0/s1. The van der Waals surface area contributed by atoms with Gasteiger partial charge in [0.15, 0.2) is 0 Å². The van der Waals surface area contributed by atoms with E-state index in [1.165, 1.54) is 22.3 Å². The van der Waals surface area contributed by atoms with E-state index in [1.807, 2.05) is 0 Å². The summed E-state index contributed by atoms with van der Waals surface area (Å²) in [6.07, 6.45) is 32.0. The molecule has 0 unspecified atom stereocenters. The Hall–Kier alpha value is -2.50. The molecule has 0 aromatic carbocycles. The summed E-state index contributed by atoms with van der Waals surface area (Å²) in [6.45, 7) is 21.4. The summed E-state index contributed by atoms with van der Waals surface area (Å²) in [5.41, 5.74) is 3.36. The van der Waals surface area contributed by atoms with Crippen LogP contribution in [0.25, 0.3) is 0 Å². The molecule has 0 radical (unpaired) electrons. The number of hydrogen-bond acceptors (Lipinski definition) is 4. The first-order chi connectivity index (χ1) is 20.4. The highest BCUT2D eigenvalue weighted by atomic mass is 16.6. The minimum absolute atomic E-state index is 0.0969. The molecule has 2 aliphatic carbocycles. The largest absolute Gasteiger partial charge is 0.393 e. The maximum absolute atomic E-state index is 10.3. The molecular formula is C40H56O4. The van der Waals surface area contributed by atoms with Crippen molar-refractivity contribution in [2.24, 2.45) is 10.8 Å². The van der Waals surface area contributed by atoms with Crippen LogP contribution in [-0.4, -0.2) is 44.8 Å². The number of fused-ring (bicyclic) bond motifs is 2. The Labute approximate surface area is 267 Å². The predicted octanol–water partition coefficient (Wildman–Crippen LogP) is 8.97. The van der Waals surface area contributed by atoms with Gasteiger partial charge < -0.3 is 19.7 Å². The fraction of sp³-hybridized carbons (Fsp3) is 0.550. The number of ether oxygens (including phenoxy) is 2. The summed E-state index contributed by atoms with van der Waals surface area (Å²) in [4.78, 5) is 0. The minimum Gasteiger partial charge on any atom is -0.393 e. The van der Waals surface area contributed by atoms with Crippen LogP contribution in [0.5, 0.6) is 0 Å². The number of rotatable bonds is 10. The van der Waals surface area contributed by atoms with E-state index >= 15 is 0 Å². The van der Waals surface area contributed by atoms with E-state index in [4.69, 9.17) is 9.47 Å². The maximum Gasteiger partial charge on any atom is 0.121 e. The highest BCUT2D eigenvalue weighted by molar-refractivity contribution is 5.38. The molecule has 4 heteroatoms. The average molecular weight is 601 g/mol. The van der Waals surface area contributed by atoms with Crippen LogP contribution < -0.4 is 0 Å². The lowest BCUT2D eigenvalue weighted by Crippen LogP contribution is -2.46. The second kappa shape index (κ2) is 12.4. The van der Waals surface area contributed by atoms with Gasteiger partial charge in [0, 0.05) is 23.7 Å². The van der Waals surface area contributed by atoms with Gasteiger partial charge in [-0.1, -0.05) is 123 Å². The van der Waals surface area contributed by atoms with Gasteiger partial charge in [-0.05, 0) is 66.5 Å². The van der Waals surface area contributed by atoms with Crippen molar-refractivity contribution in [3.63, 3.8) is 0 Å². The van der Waals surface area contributed by atoms with Crippen LogP contribution in [0.2, 0.25) is 0 Å². The third kappa shape index (κ3) is 6.84. The SMILES string of the molecule is CC(/C=C/C=C(C)/C=C/[C@@]12O[C@]1(C)C[C@@H](O)CC2(C)C)=C\C=C\C=C(C)\C=C\C=C(C)\C=C\[C@]12O[C@@]1(C)C[C@@H](O)CC2(C)C. The zero-order valence-corrected chi connectivity index (χ0v) is 28.8. The third-order valence-corrected chi connectivity index (χ3v) is 10.4. The Morgan fingerprint density at radius 2 is 0.818 bits per heavy atom. The molecule has 0 aromatic rings. The summed E-state index contributed by atoms with van der Waals surface area (Å²) in [7, 11) is 0. The summed E-state index contributed by atoms with van der Waals surface area (Å²) in [5, 5.41) is 20.5. The number of aliphatic hydroxyl groups excluding tert-OH is 2. The summed E-state index contributed by atoms with van der Waals surface area (Å²) in [5.74, 6) is 0. The molecule has 2 aliphatic heterocycles. The zero-order valence-electron chi connectivity index (χ0n) is 28.8. The summed E-state index contributed by atoms with van der Waals surface area (Å²) >= 11 is 0. The van der Waals surface area contributed by atoms with Crippen molar-refractivity contribution in [1.29, 1.82) is 0 Å². The van der Waals surface area contributed by atoms with Crippen LogP contribution in [0.4, 0.5) is 0 Å². The second-order valence-electron chi connectivity index (χ2n) is 15.4. The van der Waals surface area contributed by atoms with Crippen LogP contribution in [0, 0.1) is 10.8 Å². The number of aliphatic hydroxyl groups is 2. The lowest BCUT2D eigenvalue weighted by atomic mass is 9.63. The average Bonchev–Trinajstić information content (AvgIpc) is 3.73. The highest BCUT2D eigenvalue weighted by Crippen LogP contribution is 2.67. The molecule has 2 N–H and O–H groups in total. The van der Waals surface area contributed by atoms with E-state index in [0.717, 1.165) is 12.8 Å². The van der Waals surface area contributed by atoms with Crippen LogP contribution in [-0.2, 0) is 9.47 Å². The van der Waals surface area contributed by atoms with Gasteiger partial charge in [0.05, 0.1) is 12.2 Å². The first-order valence-electron chi connectivity index (χ1n) is 16.3.